The zero-order chi connectivity index (χ0) is 18.0. The number of piperazine rings is 1. The molecule has 1 fully saturated rings. The van der Waals surface area contributed by atoms with Crippen molar-refractivity contribution in [3.8, 4) is 0 Å². The molecule has 0 aromatic heterocycles. The quantitative estimate of drug-likeness (QED) is 0.681. The van der Waals surface area contributed by atoms with Crippen molar-refractivity contribution in [1.29, 1.82) is 0 Å². The molecule has 1 aliphatic heterocycles. The van der Waals surface area contributed by atoms with E-state index in [2.05, 4.69) is 15.9 Å². The lowest BCUT2D eigenvalue weighted by molar-refractivity contribution is 0.272. The highest BCUT2D eigenvalue weighted by Gasteiger charge is 2.32. The predicted octanol–water partition coefficient (Wildman–Crippen LogP) is 2.13. The number of rotatable bonds is 6. The third kappa shape index (κ3) is 4.78. The Labute approximate surface area is 153 Å². The molecule has 1 aromatic carbocycles. The smallest absolute Gasteiger partial charge is 0.212 e. The van der Waals surface area contributed by atoms with E-state index < -0.39 is 20.0 Å². The average Bonchev–Trinajstić information content (AvgIpc) is 2.53. The number of hydrogen-bond acceptors (Lipinski definition) is 4. The summed E-state index contributed by atoms with van der Waals surface area (Å²) in [5.41, 5.74) is 0. The average molecular weight is 439 g/mol. The van der Waals surface area contributed by atoms with E-state index in [4.69, 9.17) is 0 Å². The highest BCUT2D eigenvalue weighted by molar-refractivity contribution is 9.10. The Kier molecular flexibility index (Phi) is 6.46. The fraction of sp³-hybridized carbons (Fsp3) is 0.600. The largest absolute Gasteiger partial charge is 0.243 e. The molecule has 0 spiro atoms. The maximum absolute atomic E-state index is 12.6. The lowest BCUT2D eigenvalue weighted by atomic mass is 10.2. The van der Waals surface area contributed by atoms with Crippen LogP contribution in [0.1, 0.15) is 20.3 Å². The molecule has 0 bridgehead atoms. The highest BCUT2D eigenvalue weighted by Crippen LogP contribution is 2.22. The van der Waals surface area contributed by atoms with Gasteiger partial charge in [0.05, 0.1) is 10.6 Å². The van der Waals surface area contributed by atoms with Crippen LogP contribution in [0, 0.1) is 5.92 Å². The summed E-state index contributed by atoms with van der Waals surface area (Å²) in [7, 11) is -6.91. The Morgan fingerprint density at radius 1 is 1.04 bits per heavy atom. The van der Waals surface area contributed by atoms with Crippen molar-refractivity contribution in [1.82, 2.24) is 8.61 Å². The van der Waals surface area contributed by atoms with E-state index in [0.717, 1.165) is 0 Å². The highest BCUT2D eigenvalue weighted by atomic mass is 79.9. The molecule has 0 N–H and O–H groups in total. The van der Waals surface area contributed by atoms with E-state index in [1.165, 1.54) is 8.61 Å². The first kappa shape index (κ1) is 19.8. The second-order valence-electron chi connectivity index (χ2n) is 6.26. The van der Waals surface area contributed by atoms with Gasteiger partial charge in [0, 0.05) is 30.7 Å². The maximum atomic E-state index is 12.6. The van der Waals surface area contributed by atoms with Gasteiger partial charge < -0.3 is 0 Å². The molecule has 2 rings (SSSR count). The topological polar surface area (TPSA) is 74.8 Å². The first-order chi connectivity index (χ1) is 11.1. The Morgan fingerprint density at radius 3 is 2.17 bits per heavy atom. The van der Waals surface area contributed by atoms with Gasteiger partial charge in [0.15, 0.2) is 0 Å². The normalized spacial score (nSPS) is 18.2. The van der Waals surface area contributed by atoms with E-state index in [1.54, 1.807) is 24.3 Å². The summed E-state index contributed by atoms with van der Waals surface area (Å²) in [5, 5.41) is 0. The molecule has 0 saturated carbocycles. The summed E-state index contributed by atoms with van der Waals surface area (Å²) in [4.78, 5) is 0.216. The van der Waals surface area contributed by atoms with Crippen LogP contribution in [0.5, 0.6) is 0 Å². The third-order valence-electron chi connectivity index (χ3n) is 3.98. The summed E-state index contributed by atoms with van der Waals surface area (Å²) in [5.74, 6) is 0.432. The van der Waals surface area contributed by atoms with Crippen LogP contribution >= 0.6 is 15.9 Å². The Morgan fingerprint density at radius 2 is 1.62 bits per heavy atom. The molecule has 1 aliphatic rings. The van der Waals surface area contributed by atoms with Crippen LogP contribution in [0.2, 0.25) is 0 Å². The Bertz CT molecular complexity index is 770. The summed E-state index contributed by atoms with van der Waals surface area (Å²) >= 11 is 3.27. The third-order valence-corrected chi connectivity index (χ3v) is 8.27. The van der Waals surface area contributed by atoms with Crippen LogP contribution in [-0.2, 0) is 20.0 Å². The number of sulfonamides is 2. The number of hydrogen-bond donors (Lipinski definition) is 0. The van der Waals surface area contributed by atoms with Crippen LogP contribution in [-0.4, -0.2) is 57.4 Å². The second-order valence-corrected chi connectivity index (χ2v) is 11.2. The Balaban J connectivity index is 2.04. The minimum Gasteiger partial charge on any atom is -0.212 e. The van der Waals surface area contributed by atoms with Gasteiger partial charge >= 0.3 is 0 Å². The fourth-order valence-corrected chi connectivity index (χ4v) is 6.24. The minimum absolute atomic E-state index is 0.114. The van der Waals surface area contributed by atoms with Crippen LogP contribution in [0.4, 0.5) is 0 Å². The predicted molar refractivity (Wildman–Crippen MR) is 97.7 cm³/mol. The van der Waals surface area contributed by atoms with Crippen LogP contribution in [0.3, 0.4) is 0 Å². The molecular weight excluding hydrogens is 416 g/mol. The molecule has 9 heteroatoms. The van der Waals surface area contributed by atoms with Gasteiger partial charge in [0.25, 0.3) is 0 Å². The van der Waals surface area contributed by atoms with Gasteiger partial charge in [0.1, 0.15) is 0 Å². The molecule has 0 atom stereocenters. The van der Waals surface area contributed by atoms with Gasteiger partial charge in [-0.3, -0.25) is 0 Å². The van der Waals surface area contributed by atoms with Gasteiger partial charge in [-0.2, -0.15) is 8.61 Å². The van der Waals surface area contributed by atoms with Crippen molar-refractivity contribution < 1.29 is 16.8 Å². The van der Waals surface area contributed by atoms with E-state index >= 15 is 0 Å². The molecule has 0 amide bonds. The lowest BCUT2D eigenvalue weighted by Gasteiger charge is -2.33. The van der Waals surface area contributed by atoms with Gasteiger partial charge in [-0.1, -0.05) is 35.8 Å². The molecule has 1 heterocycles. The molecule has 1 aromatic rings. The van der Waals surface area contributed by atoms with Crippen LogP contribution < -0.4 is 0 Å². The SMILES string of the molecule is CC(C)CCS(=O)(=O)N1CCN(S(=O)(=O)c2cccc(Br)c2)CC1. The molecule has 0 aliphatic carbocycles. The van der Waals surface area contributed by atoms with Crippen LogP contribution in [0.15, 0.2) is 33.6 Å². The van der Waals surface area contributed by atoms with Crippen molar-refractivity contribution in [2.24, 2.45) is 5.92 Å². The van der Waals surface area contributed by atoms with E-state index in [-0.39, 0.29) is 36.8 Å². The summed E-state index contributed by atoms with van der Waals surface area (Å²) in [6.45, 7) is 4.73. The summed E-state index contributed by atoms with van der Waals surface area (Å²) in [6.07, 6.45) is 0.610. The van der Waals surface area contributed by atoms with E-state index in [9.17, 15) is 16.8 Å². The lowest BCUT2D eigenvalue weighted by Crippen LogP contribution is -2.51. The standard InChI is InChI=1S/C15H23BrN2O4S2/c1-13(2)6-11-23(19,20)17-7-9-18(10-8-17)24(21,22)15-5-3-4-14(16)12-15/h3-5,12-13H,6-11H2,1-2H3. The molecule has 136 valence electrons. The van der Waals surface area contributed by atoms with E-state index in [1.807, 2.05) is 13.8 Å². The van der Waals surface area contributed by atoms with Gasteiger partial charge in [0.2, 0.25) is 20.0 Å². The molecule has 6 nitrogen and oxygen atoms in total. The van der Waals surface area contributed by atoms with E-state index in [0.29, 0.717) is 16.8 Å². The molecule has 0 radical (unpaired) electrons. The summed E-state index contributed by atoms with van der Waals surface area (Å²) < 4.78 is 53.4. The maximum Gasteiger partial charge on any atom is 0.243 e. The zero-order valence-electron chi connectivity index (χ0n) is 13.9. The van der Waals surface area contributed by atoms with Crippen molar-refractivity contribution in [2.45, 2.75) is 25.2 Å². The van der Waals surface area contributed by atoms with Crippen molar-refractivity contribution >= 4 is 36.0 Å². The number of nitrogens with zero attached hydrogens (tertiary/aromatic N) is 2. The first-order valence-electron chi connectivity index (χ1n) is 7.86. The second kappa shape index (κ2) is 7.82. The monoisotopic (exact) mass is 438 g/mol. The first-order valence-corrected chi connectivity index (χ1v) is 11.7. The number of benzene rings is 1. The number of halogens is 1. The Hall–Kier alpha value is -0.480. The van der Waals surface area contributed by atoms with Gasteiger partial charge in [-0.15, -0.1) is 0 Å². The zero-order valence-corrected chi connectivity index (χ0v) is 17.1. The fourth-order valence-electron chi connectivity index (χ4n) is 2.48. The molecule has 24 heavy (non-hydrogen) atoms. The minimum atomic E-state index is -3.60. The van der Waals surface area contributed by atoms with Gasteiger partial charge in [-0.05, 0) is 30.5 Å². The molecular formula is C15H23BrN2O4S2. The molecule has 0 unspecified atom stereocenters. The van der Waals surface area contributed by atoms with Crippen LogP contribution in [0.25, 0.3) is 0 Å². The van der Waals surface area contributed by atoms with Crippen molar-refractivity contribution in [3.05, 3.63) is 28.7 Å². The summed E-state index contributed by atoms with van der Waals surface area (Å²) in [6, 6.07) is 6.54. The van der Waals surface area contributed by atoms with Crippen molar-refractivity contribution in [3.63, 3.8) is 0 Å². The van der Waals surface area contributed by atoms with Gasteiger partial charge in [-0.25, -0.2) is 16.8 Å². The van der Waals surface area contributed by atoms with Crippen molar-refractivity contribution in [2.75, 3.05) is 31.9 Å². The molecule has 1 saturated heterocycles.